The first kappa shape index (κ1) is 16.8. The lowest BCUT2D eigenvalue weighted by molar-refractivity contribution is 0.0991. The highest BCUT2D eigenvalue weighted by atomic mass is 15.2. The highest BCUT2D eigenvalue weighted by molar-refractivity contribution is 5.29. The standard InChI is InChI=1S/C24H31N/c1-3-9-20(10-4-1)11-5-2-8-16-25-19-21-14-15-24(25)18-23-13-7-6-12-22(23)17-21/h1,3-4,6-7,9-10,12-13,21,24H,2,5,8,11,14-19H2/t21-,24+/m0/s1. The quantitative estimate of drug-likeness (QED) is 0.650. The fourth-order valence-electron chi connectivity index (χ4n) is 4.84. The van der Waals surface area contributed by atoms with Gasteiger partial charge in [-0.3, -0.25) is 4.90 Å². The smallest absolute Gasteiger partial charge is 0.0136 e. The minimum absolute atomic E-state index is 0.784. The first-order chi connectivity index (χ1) is 12.4. The molecule has 2 atom stereocenters. The molecule has 0 N–H and O–H groups in total. The third-order valence-corrected chi connectivity index (χ3v) is 6.25. The zero-order valence-corrected chi connectivity index (χ0v) is 15.4. The molecule has 0 saturated carbocycles. The Kier molecular flexibility index (Phi) is 5.52. The zero-order chi connectivity index (χ0) is 16.9. The third kappa shape index (κ3) is 4.33. The van der Waals surface area contributed by atoms with Crippen LogP contribution in [0.1, 0.15) is 48.8 Å². The maximum Gasteiger partial charge on any atom is 0.0136 e. The van der Waals surface area contributed by atoms with Crippen LogP contribution in [0.15, 0.2) is 54.6 Å². The molecule has 1 nitrogen and oxygen atoms in total. The maximum atomic E-state index is 2.83. The van der Waals surface area contributed by atoms with Crippen molar-refractivity contribution >= 4 is 0 Å². The topological polar surface area (TPSA) is 3.24 Å². The summed E-state index contributed by atoms with van der Waals surface area (Å²) in [5.74, 6) is 0.877. The Bertz CT molecular complexity index is 663. The first-order valence-electron chi connectivity index (χ1n) is 10.2. The van der Waals surface area contributed by atoms with E-state index in [0.29, 0.717) is 0 Å². The number of piperidine rings is 1. The molecule has 0 radical (unpaired) electrons. The van der Waals surface area contributed by atoms with Gasteiger partial charge in [0.25, 0.3) is 0 Å². The predicted molar refractivity (Wildman–Crippen MR) is 106 cm³/mol. The van der Waals surface area contributed by atoms with Gasteiger partial charge in [-0.2, -0.15) is 0 Å². The van der Waals surface area contributed by atoms with Gasteiger partial charge in [-0.15, -0.1) is 0 Å². The average molecular weight is 334 g/mol. The van der Waals surface area contributed by atoms with Crippen molar-refractivity contribution in [2.75, 3.05) is 13.1 Å². The number of nitrogens with zero attached hydrogens (tertiary/aromatic N) is 1. The Morgan fingerprint density at radius 1 is 0.760 bits per heavy atom. The summed E-state index contributed by atoms with van der Waals surface area (Å²) in [4.78, 5) is 2.83. The van der Waals surface area contributed by atoms with Gasteiger partial charge in [-0.1, -0.05) is 61.0 Å². The molecule has 0 spiro atoms. The summed E-state index contributed by atoms with van der Waals surface area (Å²) in [7, 11) is 0. The molecule has 1 aliphatic carbocycles. The van der Waals surface area contributed by atoms with Crippen LogP contribution in [0.3, 0.4) is 0 Å². The minimum Gasteiger partial charge on any atom is -0.300 e. The molecule has 132 valence electrons. The number of hydrogen-bond acceptors (Lipinski definition) is 1. The van der Waals surface area contributed by atoms with E-state index in [-0.39, 0.29) is 0 Å². The molecule has 5 rings (SSSR count). The molecule has 2 bridgehead atoms. The number of aryl methyl sites for hydroxylation is 1. The second-order valence-electron chi connectivity index (χ2n) is 8.07. The van der Waals surface area contributed by atoms with Gasteiger partial charge < -0.3 is 0 Å². The van der Waals surface area contributed by atoms with E-state index in [9.17, 15) is 0 Å². The maximum absolute atomic E-state index is 2.83. The first-order valence-corrected chi connectivity index (χ1v) is 10.2. The Morgan fingerprint density at radius 3 is 2.36 bits per heavy atom. The van der Waals surface area contributed by atoms with E-state index < -0.39 is 0 Å². The van der Waals surface area contributed by atoms with Gasteiger partial charge in [0.15, 0.2) is 0 Å². The fraction of sp³-hybridized carbons (Fsp3) is 0.500. The van der Waals surface area contributed by atoms with Crippen molar-refractivity contribution in [1.29, 1.82) is 0 Å². The summed E-state index contributed by atoms with van der Waals surface area (Å²) in [6, 6.07) is 20.9. The van der Waals surface area contributed by atoms with Crippen molar-refractivity contribution in [3.63, 3.8) is 0 Å². The minimum atomic E-state index is 0.784. The van der Waals surface area contributed by atoms with Crippen LogP contribution >= 0.6 is 0 Å². The van der Waals surface area contributed by atoms with Crippen LogP contribution in [-0.2, 0) is 19.3 Å². The second-order valence-corrected chi connectivity index (χ2v) is 8.07. The van der Waals surface area contributed by atoms with Gasteiger partial charge in [-0.25, -0.2) is 0 Å². The highest BCUT2D eigenvalue weighted by Crippen LogP contribution is 2.32. The Morgan fingerprint density at radius 2 is 1.52 bits per heavy atom. The van der Waals surface area contributed by atoms with E-state index in [1.165, 1.54) is 70.0 Å². The lowest BCUT2D eigenvalue weighted by atomic mass is 9.80. The van der Waals surface area contributed by atoms with E-state index in [4.69, 9.17) is 0 Å². The van der Waals surface area contributed by atoms with Crippen molar-refractivity contribution in [3.8, 4) is 0 Å². The Hall–Kier alpha value is -1.60. The van der Waals surface area contributed by atoms with Crippen molar-refractivity contribution < 1.29 is 0 Å². The number of benzene rings is 2. The molecule has 0 aromatic heterocycles. The van der Waals surface area contributed by atoms with Crippen molar-refractivity contribution in [2.24, 2.45) is 5.92 Å². The number of fused-ring (bicyclic) bond motifs is 2. The molecule has 0 amide bonds. The van der Waals surface area contributed by atoms with Crippen LogP contribution in [0.2, 0.25) is 0 Å². The molecular weight excluding hydrogens is 302 g/mol. The van der Waals surface area contributed by atoms with Crippen LogP contribution in [0, 0.1) is 5.92 Å². The lowest BCUT2D eigenvalue weighted by Gasteiger charge is -2.42. The Balaban J connectivity index is 1.27. The molecule has 2 aliphatic heterocycles. The summed E-state index contributed by atoms with van der Waals surface area (Å²) >= 11 is 0. The molecule has 1 saturated heterocycles. The number of rotatable bonds is 6. The normalized spacial score (nSPS) is 23.0. The van der Waals surface area contributed by atoms with Gasteiger partial charge in [0.1, 0.15) is 0 Å². The van der Waals surface area contributed by atoms with Crippen LogP contribution in [0.5, 0.6) is 0 Å². The molecule has 25 heavy (non-hydrogen) atoms. The number of hydrogen-bond donors (Lipinski definition) is 0. The molecule has 1 heteroatoms. The Labute approximate surface area is 153 Å². The summed E-state index contributed by atoms with van der Waals surface area (Å²) in [5.41, 5.74) is 4.73. The molecule has 3 aliphatic rings. The van der Waals surface area contributed by atoms with Gasteiger partial charge in [-0.05, 0) is 74.1 Å². The van der Waals surface area contributed by atoms with Gasteiger partial charge in [0, 0.05) is 12.6 Å². The van der Waals surface area contributed by atoms with Crippen LogP contribution in [0.4, 0.5) is 0 Å². The summed E-state index contributed by atoms with van der Waals surface area (Å²) in [5, 5.41) is 0. The van der Waals surface area contributed by atoms with Gasteiger partial charge in [0.05, 0.1) is 0 Å². The van der Waals surface area contributed by atoms with Crippen LogP contribution in [0.25, 0.3) is 0 Å². The van der Waals surface area contributed by atoms with Gasteiger partial charge >= 0.3 is 0 Å². The third-order valence-electron chi connectivity index (χ3n) is 6.25. The lowest BCUT2D eigenvalue weighted by Crippen LogP contribution is -2.46. The molecule has 0 unspecified atom stereocenters. The fourth-order valence-corrected chi connectivity index (χ4v) is 4.84. The summed E-state index contributed by atoms with van der Waals surface area (Å²) in [6.07, 6.45) is 10.7. The van der Waals surface area contributed by atoms with Crippen molar-refractivity contribution in [3.05, 3.63) is 71.3 Å². The van der Waals surface area contributed by atoms with E-state index in [2.05, 4.69) is 59.5 Å². The summed E-state index contributed by atoms with van der Waals surface area (Å²) in [6.45, 7) is 2.63. The second kappa shape index (κ2) is 8.19. The molecule has 2 heterocycles. The van der Waals surface area contributed by atoms with E-state index in [1.807, 2.05) is 0 Å². The van der Waals surface area contributed by atoms with E-state index in [1.54, 1.807) is 11.1 Å². The van der Waals surface area contributed by atoms with Gasteiger partial charge in [0.2, 0.25) is 0 Å². The number of unbranched alkanes of at least 4 members (excludes halogenated alkanes) is 2. The molecule has 1 fully saturated rings. The van der Waals surface area contributed by atoms with E-state index in [0.717, 1.165) is 12.0 Å². The zero-order valence-electron chi connectivity index (χ0n) is 15.4. The highest BCUT2D eigenvalue weighted by Gasteiger charge is 2.31. The SMILES string of the molecule is c1ccc(CCCCCN2C[C@H]3CC[C@@H]2Cc2ccccc2C3)cc1. The van der Waals surface area contributed by atoms with E-state index >= 15 is 0 Å². The van der Waals surface area contributed by atoms with Crippen molar-refractivity contribution in [2.45, 2.75) is 57.4 Å². The monoisotopic (exact) mass is 333 g/mol. The molecular formula is C24H31N. The summed E-state index contributed by atoms with van der Waals surface area (Å²) < 4.78 is 0. The molecule has 2 aromatic carbocycles. The van der Waals surface area contributed by atoms with Crippen LogP contribution in [-0.4, -0.2) is 24.0 Å². The average Bonchev–Trinajstić information content (AvgIpc) is 2.63. The predicted octanol–water partition coefficient (Wildman–Crippen LogP) is 5.28. The van der Waals surface area contributed by atoms with Crippen molar-refractivity contribution in [1.82, 2.24) is 4.90 Å². The van der Waals surface area contributed by atoms with Crippen LogP contribution < -0.4 is 0 Å². The largest absolute Gasteiger partial charge is 0.300 e. The molecule has 2 aromatic rings.